The van der Waals surface area contributed by atoms with Crippen molar-refractivity contribution >= 4 is 17.0 Å². The van der Waals surface area contributed by atoms with Crippen LogP contribution in [0.1, 0.15) is 27.0 Å². The van der Waals surface area contributed by atoms with E-state index in [9.17, 15) is 4.39 Å². The number of hydrogen-bond donors (Lipinski definition) is 1. The van der Waals surface area contributed by atoms with E-state index in [2.05, 4.69) is 15.0 Å². The van der Waals surface area contributed by atoms with Crippen LogP contribution in [-0.4, -0.2) is 43.6 Å². The zero-order chi connectivity index (χ0) is 15.6. The molecule has 22 heavy (non-hydrogen) atoms. The minimum Gasteiger partial charge on any atom is -0.382 e. The summed E-state index contributed by atoms with van der Waals surface area (Å²) in [5.74, 6) is -0.700. The Kier molecular flexibility index (Phi) is 2.72. The van der Waals surface area contributed by atoms with E-state index in [0.29, 0.717) is 5.52 Å². The molecular formula is C13H16FN5O3. The Balaban J connectivity index is 1.79. The summed E-state index contributed by atoms with van der Waals surface area (Å²) in [4.78, 5) is 11.4. The molecule has 4 rings (SSSR count). The van der Waals surface area contributed by atoms with Crippen LogP contribution in [0.25, 0.3) is 11.2 Å². The van der Waals surface area contributed by atoms with Crippen LogP contribution >= 0.6 is 0 Å². The number of aromatic nitrogens is 4. The van der Waals surface area contributed by atoms with Gasteiger partial charge in [0.05, 0.1) is 12.4 Å². The molecule has 4 heterocycles. The number of halogens is 1. The molecule has 2 aliphatic rings. The van der Waals surface area contributed by atoms with Crippen molar-refractivity contribution in [1.82, 2.24) is 19.5 Å². The van der Waals surface area contributed by atoms with Crippen LogP contribution in [0.3, 0.4) is 0 Å². The van der Waals surface area contributed by atoms with Crippen molar-refractivity contribution in [3.63, 3.8) is 0 Å². The number of anilines is 1. The van der Waals surface area contributed by atoms with Gasteiger partial charge in [0.2, 0.25) is 0 Å². The molecule has 8 nitrogen and oxygen atoms in total. The summed E-state index contributed by atoms with van der Waals surface area (Å²) in [6, 6.07) is 0. The summed E-state index contributed by atoms with van der Waals surface area (Å²) in [6.45, 7) is 5.60. The highest BCUT2D eigenvalue weighted by Crippen LogP contribution is 2.43. The SMILES string of the molecule is C[C@H]1O[C@@H](n2cnc3c(N)nc(F)nc32)[C@@H]2OC(C)(C)O[C@@H]21. The van der Waals surface area contributed by atoms with Gasteiger partial charge in [-0.05, 0) is 20.8 Å². The van der Waals surface area contributed by atoms with Crippen molar-refractivity contribution in [2.24, 2.45) is 0 Å². The molecule has 0 bridgehead atoms. The average Bonchev–Trinajstić information content (AvgIpc) is 3.03. The predicted molar refractivity (Wildman–Crippen MR) is 73.1 cm³/mol. The lowest BCUT2D eigenvalue weighted by Crippen LogP contribution is -2.27. The van der Waals surface area contributed by atoms with E-state index in [1.807, 2.05) is 20.8 Å². The van der Waals surface area contributed by atoms with Gasteiger partial charge >= 0.3 is 6.08 Å². The van der Waals surface area contributed by atoms with Crippen LogP contribution in [0, 0.1) is 6.08 Å². The Morgan fingerprint density at radius 1 is 1.27 bits per heavy atom. The van der Waals surface area contributed by atoms with Gasteiger partial charge in [-0.15, -0.1) is 0 Å². The number of nitrogens with two attached hydrogens (primary N) is 1. The third kappa shape index (κ3) is 1.89. The first-order valence-corrected chi connectivity index (χ1v) is 7.02. The Morgan fingerprint density at radius 2 is 2.00 bits per heavy atom. The molecule has 0 amide bonds. The first-order chi connectivity index (χ1) is 10.4. The summed E-state index contributed by atoms with van der Waals surface area (Å²) < 4.78 is 32.8. The number of nitrogen functional groups attached to an aromatic ring is 1. The summed E-state index contributed by atoms with van der Waals surface area (Å²) in [7, 11) is 0. The van der Waals surface area contributed by atoms with E-state index in [1.54, 1.807) is 4.57 Å². The summed E-state index contributed by atoms with van der Waals surface area (Å²) in [5.41, 5.74) is 6.29. The van der Waals surface area contributed by atoms with Crippen molar-refractivity contribution in [3.8, 4) is 0 Å². The van der Waals surface area contributed by atoms with Gasteiger partial charge < -0.3 is 19.9 Å². The van der Waals surface area contributed by atoms with Gasteiger partial charge in [-0.3, -0.25) is 4.57 Å². The zero-order valence-electron chi connectivity index (χ0n) is 12.4. The number of hydrogen-bond acceptors (Lipinski definition) is 7. The second kappa shape index (κ2) is 4.34. The molecule has 2 N–H and O–H groups in total. The number of fused-ring (bicyclic) bond motifs is 2. The van der Waals surface area contributed by atoms with Crippen molar-refractivity contribution < 1.29 is 18.6 Å². The molecule has 9 heteroatoms. The second-order valence-corrected chi connectivity index (χ2v) is 6.00. The molecule has 0 spiro atoms. The zero-order valence-corrected chi connectivity index (χ0v) is 12.4. The lowest BCUT2D eigenvalue weighted by atomic mass is 10.1. The molecule has 2 aromatic heterocycles. The third-order valence-corrected chi connectivity index (χ3v) is 3.96. The van der Waals surface area contributed by atoms with Gasteiger partial charge in [-0.1, -0.05) is 0 Å². The Morgan fingerprint density at radius 3 is 2.77 bits per heavy atom. The quantitative estimate of drug-likeness (QED) is 0.784. The maximum absolute atomic E-state index is 13.5. The fourth-order valence-electron chi connectivity index (χ4n) is 3.10. The second-order valence-electron chi connectivity index (χ2n) is 6.00. The van der Waals surface area contributed by atoms with E-state index in [1.165, 1.54) is 6.33 Å². The number of nitrogens with zero attached hydrogens (tertiary/aromatic N) is 4. The molecule has 0 unspecified atom stereocenters. The molecule has 118 valence electrons. The molecule has 2 fully saturated rings. The highest BCUT2D eigenvalue weighted by molar-refractivity contribution is 5.81. The summed E-state index contributed by atoms with van der Waals surface area (Å²) in [6.07, 6.45) is -0.621. The lowest BCUT2D eigenvalue weighted by Gasteiger charge is -2.23. The van der Waals surface area contributed by atoms with Gasteiger partial charge in [0.1, 0.15) is 12.2 Å². The molecule has 0 saturated carbocycles. The van der Waals surface area contributed by atoms with E-state index < -0.39 is 18.1 Å². The van der Waals surface area contributed by atoms with Crippen molar-refractivity contribution in [3.05, 3.63) is 12.4 Å². The highest BCUT2D eigenvalue weighted by atomic mass is 19.1. The molecule has 0 aliphatic carbocycles. The minimum atomic E-state index is -0.904. The van der Waals surface area contributed by atoms with E-state index in [4.69, 9.17) is 19.9 Å². The van der Waals surface area contributed by atoms with Gasteiger partial charge in [-0.25, -0.2) is 4.98 Å². The third-order valence-electron chi connectivity index (χ3n) is 3.96. The minimum absolute atomic E-state index is 0.00670. The standard InChI is InChI=1S/C13H16FN5O3/c1-5-7-8(22-13(2,3)21-7)11(20-5)19-4-16-6-9(15)17-12(14)18-10(6)19/h4-5,7-8,11H,1-3H3,(H2,15,17,18)/t5-,7-,8-,11-/m1/s1. The topological polar surface area (TPSA) is 97.3 Å². The van der Waals surface area contributed by atoms with E-state index in [-0.39, 0.29) is 29.8 Å². The van der Waals surface area contributed by atoms with Gasteiger partial charge in [-0.2, -0.15) is 14.4 Å². The van der Waals surface area contributed by atoms with E-state index in [0.717, 1.165) is 0 Å². The molecule has 2 aliphatic heterocycles. The van der Waals surface area contributed by atoms with Crippen LogP contribution in [0.2, 0.25) is 0 Å². The van der Waals surface area contributed by atoms with Gasteiger partial charge in [0.15, 0.2) is 29.0 Å². The molecule has 0 radical (unpaired) electrons. The van der Waals surface area contributed by atoms with Gasteiger partial charge in [0, 0.05) is 0 Å². The first-order valence-electron chi connectivity index (χ1n) is 7.02. The number of ether oxygens (including phenoxy) is 3. The predicted octanol–water partition coefficient (Wildman–Crippen LogP) is 0.985. The lowest BCUT2D eigenvalue weighted by molar-refractivity contribution is -0.194. The number of rotatable bonds is 1. The monoisotopic (exact) mass is 309 g/mol. The molecule has 0 aromatic carbocycles. The van der Waals surface area contributed by atoms with Crippen LogP contribution in [0.5, 0.6) is 0 Å². The smallest absolute Gasteiger partial charge is 0.312 e. The summed E-state index contributed by atoms with van der Waals surface area (Å²) in [5, 5.41) is 0. The first kappa shape index (κ1) is 13.8. The fourth-order valence-corrected chi connectivity index (χ4v) is 3.10. The van der Waals surface area contributed by atoms with Crippen molar-refractivity contribution in [1.29, 1.82) is 0 Å². The Bertz CT molecular complexity index is 749. The van der Waals surface area contributed by atoms with Crippen molar-refractivity contribution in [2.75, 3.05) is 5.73 Å². The van der Waals surface area contributed by atoms with Gasteiger partial charge in [0.25, 0.3) is 0 Å². The van der Waals surface area contributed by atoms with Crippen LogP contribution in [0.4, 0.5) is 10.2 Å². The average molecular weight is 309 g/mol. The van der Waals surface area contributed by atoms with Crippen LogP contribution in [0.15, 0.2) is 6.33 Å². The maximum atomic E-state index is 13.5. The molecule has 2 aromatic rings. The highest BCUT2D eigenvalue weighted by Gasteiger charge is 2.54. The molecular weight excluding hydrogens is 293 g/mol. The summed E-state index contributed by atoms with van der Waals surface area (Å²) >= 11 is 0. The molecule has 2 saturated heterocycles. The Hall–Kier alpha value is -1.84. The van der Waals surface area contributed by atoms with Crippen LogP contribution < -0.4 is 5.73 Å². The van der Waals surface area contributed by atoms with Crippen LogP contribution in [-0.2, 0) is 14.2 Å². The molecule has 4 atom stereocenters. The van der Waals surface area contributed by atoms with Crippen molar-refractivity contribution in [2.45, 2.75) is 51.1 Å². The number of imidazole rings is 1. The van der Waals surface area contributed by atoms with E-state index >= 15 is 0 Å². The normalized spacial score (nSPS) is 33.5. The maximum Gasteiger partial charge on any atom is 0.312 e. The largest absolute Gasteiger partial charge is 0.382 e. The fraction of sp³-hybridized carbons (Fsp3) is 0.615. The Labute approximate surface area is 125 Å².